The number of anilines is 1. The highest BCUT2D eigenvalue weighted by atomic mass is 35.5. The van der Waals surface area contributed by atoms with E-state index in [0.29, 0.717) is 5.02 Å². The molecular weight excluding hydrogens is 327 g/mol. The number of benzene rings is 2. The van der Waals surface area contributed by atoms with Crippen LogP contribution in [0.15, 0.2) is 42.5 Å². The molecule has 3 rings (SSSR count). The predicted molar refractivity (Wildman–Crippen MR) is 96.5 cm³/mol. The lowest BCUT2D eigenvalue weighted by Crippen LogP contribution is -2.30. The highest BCUT2D eigenvalue weighted by Gasteiger charge is 2.16. The van der Waals surface area contributed by atoms with Crippen molar-refractivity contribution < 1.29 is 9.13 Å². The minimum Gasteiger partial charge on any atom is -0.497 e. The Morgan fingerprint density at radius 2 is 1.83 bits per heavy atom. The molecule has 0 aliphatic carbocycles. The zero-order valence-corrected chi connectivity index (χ0v) is 14.6. The Kier molecular flexibility index (Phi) is 5.59. The molecule has 2 aromatic rings. The quantitative estimate of drug-likeness (QED) is 0.823. The van der Waals surface area contributed by atoms with Crippen molar-refractivity contribution in [1.82, 2.24) is 4.90 Å². The van der Waals surface area contributed by atoms with Crippen molar-refractivity contribution in [3.05, 3.63) is 58.9 Å². The number of ether oxygens (including phenoxy) is 1. The fourth-order valence-corrected chi connectivity index (χ4v) is 3.30. The van der Waals surface area contributed by atoms with Gasteiger partial charge in [-0.15, -0.1) is 0 Å². The van der Waals surface area contributed by atoms with Gasteiger partial charge in [0.15, 0.2) is 0 Å². The van der Waals surface area contributed by atoms with Gasteiger partial charge in [-0.05, 0) is 48.4 Å². The molecule has 0 amide bonds. The minimum absolute atomic E-state index is 0.287. The Balaban J connectivity index is 1.62. The number of methoxy groups -OCH3 is 1. The van der Waals surface area contributed by atoms with Crippen molar-refractivity contribution in [2.24, 2.45) is 0 Å². The molecule has 0 radical (unpaired) electrons. The zero-order valence-electron chi connectivity index (χ0n) is 13.8. The van der Waals surface area contributed by atoms with Crippen LogP contribution < -0.4 is 9.64 Å². The second kappa shape index (κ2) is 7.86. The predicted octanol–water partition coefficient (Wildman–Crippen LogP) is 4.20. The van der Waals surface area contributed by atoms with E-state index in [-0.39, 0.29) is 5.82 Å². The third kappa shape index (κ3) is 4.19. The van der Waals surface area contributed by atoms with Gasteiger partial charge in [0.05, 0.1) is 7.11 Å². The maximum atomic E-state index is 13.2. The SMILES string of the molecule is COc1ccc(N2CCCN(Cc3ccc(F)cc3Cl)CC2)cc1. The first-order chi connectivity index (χ1) is 11.7. The molecule has 5 heteroatoms. The minimum atomic E-state index is -0.287. The number of rotatable bonds is 4. The number of halogens is 2. The molecule has 24 heavy (non-hydrogen) atoms. The molecule has 0 N–H and O–H groups in total. The van der Waals surface area contributed by atoms with Gasteiger partial charge < -0.3 is 9.64 Å². The number of hydrogen-bond acceptors (Lipinski definition) is 3. The fraction of sp³-hybridized carbons (Fsp3) is 0.368. The standard InChI is InChI=1S/C19H22ClFN2O/c1-24-18-7-5-17(6-8-18)23-10-2-9-22(11-12-23)14-15-3-4-16(21)13-19(15)20/h3-8,13H,2,9-12,14H2,1H3. The van der Waals surface area contributed by atoms with E-state index in [2.05, 4.69) is 21.9 Å². The smallest absolute Gasteiger partial charge is 0.124 e. The van der Waals surface area contributed by atoms with Crippen LogP contribution in [-0.4, -0.2) is 38.2 Å². The average molecular weight is 349 g/mol. The van der Waals surface area contributed by atoms with Gasteiger partial charge in [-0.1, -0.05) is 17.7 Å². The second-order valence-corrected chi connectivity index (χ2v) is 6.46. The fourth-order valence-electron chi connectivity index (χ4n) is 3.07. The van der Waals surface area contributed by atoms with Gasteiger partial charge in [-0.3, -0.25) is 4.90 Å². The topological polar surface area (TPSA) is 15.7 Å². The first-order valence-corrected chi connectivity index (χ1v) is 8.59. The molecule has 0 aromatic heterocycles. The maximum Gasteiger partial charge on any atom is 0.124 e. The summed E-state index contributed by atoms with van der Waals surface area (Å²) in [5.41, 5.74) is 2.20. The van der Waals surface area contributed by atoms with Crippen LogP contribution in [0.4, 0.5) is 10.1 Å². The monoisotopic (exact) mass is 348 g/mol. The summed E-state index contributed by atoms with van der Waals surface area (Å²) in [6.07, 6.45) is 1.09. The van der Waals surface area contributed by atoms with Crippen LogP contribution in [0.3, 0.4) is 0 Å². The summed E-state index contributed by atoms with van der Waals surface area (Å²) in [5, 5.41) is 0.506. The van der Waals surface area contributed by atoms with Gasteiger partial charge in [0.2, 0.25) is 0 Å². The van der Waals surface area contributed by atoms with Crippen LogP contribution in [0.2, 0.25) is 5.02 Å². The molecule has 0 unspecified atom stereocenters. The van der Waals surface area contributed by atoms with E-state index in [1.807, 2.05) is 12.1 Å². The Morgan fingerprint density at radius 1 is 1.04 bits per heavy atom. The van der Waals surface area contributed by atoms with E-state index in [9.17, 15) is 4.39 Å². The summed E-state index contributed by atoms with van der Waals surface area (Å²) in [7, 11) is 1.68. The van der Waals surface area contributed by atoms with Crippen LogP contribution in [-0.2, 0) is 6.54 Å². The largest absolute Gasteiger partial charge is 0.497 e. The first kappa shape index (κ1) is 17.1. The maximum absolute atomic E-state index is 13.2. The van der Waals surface area contributed by atoms with Gasteiger partial charge in [0.25, 0.3) is 0 Å². The highest BCUT2D eigenvalue weighted by molar-refractivity contribution is 6.31. The Labute approximate surface area is 147 Å². The molecule has 1 saturated heterocycles. The summed E-state index contributed by atoms with van der Waals surface area (Å²) in [5.74, 6) is 0.589. The van der Waals surface area contributed by atoms with E-state index in [1.54, 1.807) is 13.2 Å². The Hall–Kier alpha value is -1.78. The van der Waals surface area contributed by atoms with Crippen molar-refractivity contribution in [2.45, 2.75) is 13.0 Å². The van der Waals surface area contributed by atoms with Crippen LogP contribution >= 0.6 is 11.6 Å². The summed E-state index contributed by atoms with van der Waals surface area (Å²) < 4.78 is 18.4. The Morgan fingerprint density at radius 3 is 2.54 bits per heavy atom. The molecule has 2 aromatic carbocycles. The summed E-state index contributed by atoms with van der Waals surface area (Å²) >= 11 is 6.15. The lowest BCUT2D eigenvalue weighted by molar-refractivity contribution is 0.285. The van der Waals surface area contributed by atoms with E-state index >= 15 is 0 Å². The van der Waals surface area contributed by atoms with Crippen LogP contribution in [0, 0.1) is 5.82 Å². The van der Waals surface area contributed by atoms with Gasteiger partial charge >= 0.3 is 0 Å². The normalized spacial score (nSPS) is 16.0. The summed E-state index contributed by atoms with van der Waals surface area (Å²) in [6, 6.07) is 12.8. The summed E-state index contributed by atoms with van der Waals surface area (Å²) in [4.78, 5) is 4.77. The lowest BCUT2D eigenvalue weighted by atomic mass is 10.2. The number of nitrogens with zero attached hydrogens (tertiary/aromatic N) is 2. The van der Waals surface area contributed by atoms with Crippen molar-refractivity contribution >= 4 is 17.3 Å². The van der Waals surface area contributed by atoms with Crippen molar-refractivity contribution in [2.75, 3.05) is 38.2 Å². The van der Waals surface area contributed by atoms with Crippen molar-refractivity contribution in [3.8, 4) is 5.75 Å². The molecule has 0 saturated carbocycles. The van der Waals surface area contributed by atoms with Gasteiger partial charge in [-0.25, -0.2) is 4.39 Å². The Bertz CT molecular complexity index is 678. The van der Waals surface area contributed by atoms with E-state index in [4.69, 9.17) is 16.3 Å². The molecule has 128 valence electrons. The molecule has 0 atom stereocenters. The van der Waals surface area contributed by atoms with E-state index in [0.717, 1.165) is 50.5 Å². The van der Waals surface area contributed by atoms with E-state index in [1.165, 1.54) is 17.8 Å². The molecule has 0 bridgehead atoms. The number of hydrogen-bond donors (Lipinski definition) is 0. The van der Waals surface area contributed by atoms with Crippen LogP contribution in [0.1, 0.15) is 12.0 Å². The lowest BCUT2D eigenvalue weighted by Gasteiger charge is -2.24. The summed E-state index contributed by atoms with van der Waals surface area (Å²) in [6.45, 7) is 4.72. The van der Waals surface area contributed by atoms with Crippen LogP contribution in [0.5, 0.6) is 5.75 Å². The molecule has 1 fully saturated rings. The van der Waals surface area contributed by atoms with Gasteiger partial charge in [0, 0.05) is 43.4 Å². The molecule has 1 heterocycles. The van der Waals surface area contributed by atoms with Crippen molar-refractivity contribution in [1.29, 1.82) is 0 Å². The average Bonchev–Trinajstić information content (AvgIpc) is 2.83. The third-order valence-corrected chi connectivity index (χ3v) is 4.79. The van der Waals surface area contributed by atoms with Gasteiger partial charge in [0.1, 0.15) is 11.6 Å². The zero-order chi connectivity index (χ0) is 16.9. The molecule has 3 nitrogen and oxygen atoms in total. The molecular formula is C19H22ClFN2O. The molecule has 0 spiro atoms. The molecule has 1 aliphatic rings. The second-order valence-electron chi connectivity index (χ2n) is 6.05. The van der Waals surface area contributed by atoms with Crippen molar-refractivity contribution in [3.63, 3.8) is 0 Å². The van der Waals surface area contributed by atoms with Gasteiger partial charge in [-0.2, -0.15) is 0 Å². The third-order valence-electron chi connectivity index (χ3n) is 4.44. The molecule has 1 aliphatic heterocycles. The van der Waals surface area contributed by atoms with E-state index < -0.39 is 0 Å². The first-order valence-electron chi connectivity index (χ1n) is 8.21. The highest BCUT2D eigenvalue weighted by Crippen LogP contribution is 2.22. The van der Waals surface area contributed by atoms with Crippen LogP contribution in [0.25, 0.3) is 0 Å².